The van der Waals surface area contributed by atoms with E-state index in [9.17, 15) is 46.1 Å². The van der Waals surface area contributed by atoms with E-state index in [1.165, 1.54) is 0 Å². The maximum atomic E-state index is 13.8. The second kappa shape index (κ2) is 18.3. The molecule has 0 bridgehead atoms. The van der Waals surface area contributed by atoms with E-state index in [1.54, 1.807) is 9.80 Å². The lowest BCUT2D eigenvalue weighted by Crippen LogP contribution is -2.49. The van der Waals surface area contributed by atoms with E-state index >= 15 is 0 Å². The summed E-state index contributed by atoms with van der Waals surface area (Å²) in [6.07, 6.45) is 1.60. The topological polar surface area (TPSA) is 113 Å². The lowest BCUT2D eigenvalue weighted by molar-refractivity contribution is -0.147. The second-order valence-corrected chi connectivity index (χ2v) is 19.6. The van der Waals surface area contributed by atoms with E-state index in [0.717, 1.165) is 115 Å². The van der Waals surface area contributed by atoms with Crippen LogP contribution < -0.4 is 0 Å². The van der Waals surface area contributed by atoms with Crippen LogP contribution in [0.15, 0.2) is 24.5 Å². The molecule has 2 aromatic heterocycles. The largest absolute Gasteiger partial charge is 0.417 e. The summed E-state index contributed by atoms with van der Waals surface area (Å²) in [4.78, 5) is 43.9. The van der Waals surface area contributed by atoms with Crippen molar-refractivity contribution in [2.75, 3.05) is 39.3 Å². The van der Waals surface area contributed by atoms with Gasteiger partial charge < -0.3 is 29.8 Å². The average Bonchev–Trinajstić information content (AvgIpc) is 3.91. The average molecular weight is 879 g/mol. The fourth-order valence-corrected chi connectivity index (χ4v) is 11.3. The van der Waals surface area contributed by atoms with Crippen LogP contribution in [-0.2, 0) is 47.9 Å². The van der Waals surface area contributed by atoms with Crippen LogP contribution in [0.1, 0.15) is 126 Å². The minimum absolute atomic E-state index is 0.0742. The summed E-state index contributed by atoms with van der Waals surface area (Å²) < 4.78 is 78.8. The molecule has 6 heterocycles. The number of halogens is 6. The number of piperidine rings is 2. The fraction of sp³-hybridized carbons (Fsp3) is 0.739. The van der Waals surface area contributed by atoms with Crippen molar-refractivity contribution in [1.82, 2.24) is 29.6 Å². The number of nitrogens with zero attached hydrogens (tertiary/aromatic N) is 6. The van der Waals surface area contributed by atoms with Crippen LogP contribution in [-0.4, -0.2) is 115 Å². The Bertz CT molecular complexity index is 1780. The van der Waals surface area contributed by atoms with Gasteiger partial charge in [0.15, 0.2) is 0 Å². The zero-order valence-corrected chi connectivity index (χ0v) is 36.6. The van der Waals surface area contributed by atoms with Crippen LogP contribution in [0.2, 0.25) is 0 Å². The summed E-state index contributed by atoms with van der Waals surface area (Å²) in [6.45, 7) is 13.2. The zero-order valence-electron chi connectivity index (χ0n) is 36.6. The molecule has 344 valence electrons. The highest BCUT2D eigenvalue weighted by Crippen LogP contribution is 2.50. The number of likely N-dealkylation sites (tertiary alicyclic amines) is 2. The zero-order chi connectivity index (χ0) is 44.8. The first-order valence-electron chi connectivity index (χ1n) is 22.7. The number of aromatic nitrogens is 2. The van der Waals surface area contributed by atoms with E-state index in [0.29, 0.717) is 60.5 Å². The lowest BCUT2D eigenvalue weighted by Gasteiger charge is -2.40. The van der Waals surface area contributed by atoms with Gasteiger partial charge in [-0.25, -0.2) is 0 Å². The molecule has 4 fully saturated rings. The third-order valence-corrected chi connectivity index (χ3v) is 15.4. The van der Waals surface area contributed by atoms with E-state index in [4.69, 9.17) is 0 Å². The predicted octanol–water partition coefficient (Wildman–Crippen LogP) is 7.27. The Morgan fingerprint density at radius 1 is 0.613 bits per heavy atom. The van der Waals surface area contributed by atoms with Crippen LogP contribution in [0, 0.1) is 22.7 Å². The molecule has 2 N–H and O–H groups in total. The number of amides is 2. The maximum absolute atomic E-state index is 13.8. The van der Waals surface area contributed by atoms with Crippen LogP contribution >= 0.6 is 0 Å². The molecular weight excluding hydrogens is 815 g/mol. The highest BCUT2D eigenvalue weighted by atomic mass is 19.4. The number of hydrogen-bond acceptors (Lipinski definition) is 8. The molecule has 16 heteroatoms. The summed E-state index contributed by atoms with van der Waals surface area (Å²) in [5.74, 6) is 0.457. The number of rotatable bonds is 6. The van der Waals surface area contributed by atoms with Crippen LogP contribution in [0.3, 0.4) is 0 Å². The van der Waals surface area contributed by atoms with Crippen molar-refractivity contribution in [3.05, 3.63) is 58.2 Å². The molecule has 0 spiro atoms. The molecule has 2 saturated carbocycles. The Labute approximate surface area is 361 Å². The van der Waals surface area contributed by atoms with E-state index in [2.05, 4.69) is 47.5 Å². The summed E-state index contributed by atoms with van der Waals surface area (Å²) in [6, 6.07) is 2.96. The van der Waals surface area contributed by atoms with Crippen LogP contribution in [0.4, 0.5) is 26.3 Å². The Balaban J connectivity index is 0.000000186. The van der Waals surface area contributed by atoms with Gasteiger partial charge in [0.05, 0.1) is 34.2 Å². The first kappa shape index (κ1) is 46.6. The highest BCUT2D eigenvalue weighted by Gasteiger charge is 2.52. The number of alkyl halides is 6. The molecule has 8 rings (SSSR count). The monoisotopic (exact) mass is 878 g/mol. The molecule has 0 unspecified atom stereocenters. The molecule has 6 aliphatic rings. The number of fused-ring (bicyclic) bond motifs is 2. The number of aliphatic hydroxyl groups is 2. The van der Waals surface area contributed by atoms with Crippen molar-refractivity contribution in [2.24, 2.45) is 22.7 Å². The Morgan fingerprint density at radius 3 is 1.29 bits per heavy atom. The van der Waals surface area contributed by atoms with Gasteiger partial charge in [-0.2, -0.15) is 26.3 Å². The van der Waals surface area contributed by atoms with Gasteiger partial charge in [0.25, 0.3) is 0 Å². The molecule has 0 radical (unpaired) electrons. The SMILES string of the molecule is CC(C)[C@]1(C(=O)N2CCc3ncc(C(F)(F)F)cc3C2)CC[C@@H](N2CCC(O)CC2)C1.CC(C)[C@]1(C(=O)N2CCc3ncc(C(F)(F)F)cc3C2)CC[C@H](N2CCC(O)CC2)C1. The number of carbonyl (C=O) groups is 2. The van der Waals surface area contributed by atoms with Crippen molar-refractivity contribution in [3.8, 4) is 0 Å². The molecule has 4 aliphatic heterocycles. The first-order valence-corrected chi connectivity index (χ1v) is 22.7. The smallest absolute Gasteiger partial charge is 0.393 e. The Hall–Kier alpha value is -3.34. The van der Waals surface area contributed by atoms with Gasteiger partial charge in [-0.15, -0.1) is 0 Å². The van der Waals surface area contributed by atoms with Gasteiger partial charge in [0, 0.05) is 101 Å². The third kappa shape index (κ3) is 9.68. The van der Waals surface area contributed by atoms with Crippen molar-refractivity contribution in [2.45, 2.75) is 154 Å². The van der Waals surface area contributed by atoms with E-state index in [1.807, 2.05) is 0 Å². The van der Waals surface area contributed by atoms with Crippen molar-refractivity contribution in [1.29, 1.82) is 0 Å². The minimum Gasteiger partial charge on any atom is -0.393 e. The number of aliphatic hydroxyl groups excluding tert-OH is 2. The number of carbonyl (C=O) groups excluding carboxylic acids is 2. The van der Waals surface area contributed by atoms with E-state index in [-0.39, 0.29) is 48.9 Å². The quantitative estimate of drug-likeness (QED) is 0.292. The molecule has 10 nitrogen and oxygen atoms in total. The van der Waals surface area contributed by atoms with Gasteiger partial charge in [-0.3, -0.25) is 19.6 Å². The second-order valence-electron chi connectivity index (χ2n) is 19.6. The lowest BCUT2D eigenvalue weighted by atomic mass is 9.73. The minimum atomic E-state index is -4.44. The van der Waals surface area contributed by atoms with Crippen molar-refractivity contribution >= 4 is 11.8 Å². The van der Waals surface area contributed by atoms with Gasteiger partial charge in [-0.05, 0) is 99.3 Å². The molecule has 2 aliphatic carbocycles. The normalized spacial score (nSPS) is 28.2. The van der Waals surface area contributed by atoms with E-state index < -0.39 is 34.3 Å². The molecule has 0 aromatic carbocycles. The van der Waals surface area contributed by atoms with Gasteiger partial charge in [-0.1, -0.05) is 27.7 Å². The van der Waals surface area contributed by atoms with Crippen molar-refractivity contribution in [3.63, 3.8) is 0 Å². The molecule has 2 amide bonds. The molecule has 4 atom stereocenters. The van der Waals surface area contributed by atoms with Gasteiger partial charge in [0.2, 0.25) is 11.8 Å². The van der Waals surface area contributed by atoms with Crippen molar-refractivity contribution < 1.29 is 46.1 Å². The number of hydrogen-bond donors (Lipinski definition) is 2. The number of pyridine rings is 2. The molecule has 2 saturated heterocycles. The van der Waals surface area contributed by atoms with Gasteiger partial charge >= 0.3 is 12.4 Å². The van der Waals surface area contributed by atoms with Crippen LogP contribution in [0.25, 0.3) is 0 Å². The van der Waals surface area contributed by atoms with Gasteiger partial charge in [0.1, 0.15) is 0 Å². The predicted molar refractivity (Wildman–Crippen MR) is 220 cm³/mol. The Kier molecular flexibility index (Phi) is 13.7. The summed E-state index contributed by atoms with van der Waals surface area (Å²) in [5.41, 5.74) is -0.139. The molecular formula is C46H64F6N6O4. The van der Waals surface area contributed by atoms with Crippen LogP contribution in [0.5, 0.6) is 0 Å². The fourth-order valence-electron chi connectivity index (χ4n) is 11.3. The molecule has 2 aromatic rings. The summed E-state index contributed by atoms with van der Waals surface area (Å²) in [7, 11) is 0. The third-order valence-electron chi connectivity index (χ3n) is 15.4. The Morgan fingerprint density at radius 2 is 0.968 bits per heavy atom. The molecule has 62 heavy (non-hydrogen) atoms. The standard InChI is InChI=1S/2C23H32F3N3O2/c2*1-15(2)22(7-3-18(12-22)28-8-4-19(30)5-9-28)21(31)29-10-6-20-16(14-29)11-17(13-27-20)23(24,25)26/h2*11,13,15,18-19,30H,3-10,12,14H2,1-2H3/t18-,22+;18-,22-/m10/s1. The first-order chi connectivity index (χ1) is 29.2. The highest BCUT2D eigenvalue weighted by molar-refractivity contribution is 5.84. The maximum Gasteiger partial charge on any atom is 0.417 e. The summed E-state index contributed by atoms with van der Waals surface area (Å²) in [5, 5.41) is 19.6. The summed E-state index contributed by atoms with van der Waals surface area (Å²) >= 11 is 0.